The summed E-state index contributed by atoms with van der Waals surface area (Å²) in [6, 6.07) is 7.40. The highest BCUT2D eigenvalue weighted by Gasteiger charge is 2.45. The number of carboxylic acids is 1. The summed E-state index contributed by atoms with van der Waals surface area (Å²) in [7, 11) is -8.24. The first-order valence-electron chi connectivity index (χ1n) is 8.24. The van der Waals surface area contributed by atoms with Gasteiger partial charge in [-0.05, 0) is 42.5 Å². The first-order valence-corrected chi connectivity index (χ1v) is 11.9. The maximum absolute atomic E-state index is 13.5. The molecule has 0 radical (unpaired) electrons. The first-order chi connectivity index (χ1) is 13.4. The molecular formula is C17H17ClN2O7S2. The van der Waals surface area contributed by atoms with Gasteiger partial charge in [0.25, 0.3) is 10.0 Å². The van der Waals surface area contributed by atoms with Crippen molar-refractivity contribution >= 4 is 48.8 Å². The van der Waals surface area contributed by atoms with Crippen molar-refractivity contribution in [2.75, 3.05) is 21.5 Å². The monoisotopic (exact) mass is 460 g/mol. The topological polar surface area (TPSA) is 155 Å². The molecule has 0 saturated carbocycles. The van der Waals surface area contributed by atoms with Crippen molar-refractivity contribution in [2.45, 2.75) is 17.0 Å². The molecule has 0 amide bonds. The summed E-state index contributed by atoms with van der Waals surface area (Å²) in [6.07, 6.45) is -1.48. The maximum atomic E-state index is 13.5. The SMILES string of the molecule is Nc1ccc(N([C@H]2CS(=O)(=O)C[C@H]2O)S(=O)(=O)c2cc(C(=O)O)ccc2Cl)cc1. The van der Waals surface area contributed by atoms with Crippen LogP contribution in [0, 0.1) is 0 Å². The zero-order valence-electron chi connectivity index (χ0n) is 14.8. The number of aliphatic hydroxyl groups is 1. The van der Waals surface area contributed by atoms with Crippen LogP contribution in [0.2, 0.25) is 5.02 Å². The Kier molecular flexibility index (Phi) is 5.52. The number of hydrogen-bond donors (Lipinski definition) is 3. The van der Waals surface area contributed by atoms with Crippen LogP contribution in [0.4, 0.5) is 11.4 Å². The Morgan fingerprint density at radius 3 is 2.28 bits per heavy atom. The molecule has 0 bridgehead atoms. The van der Waals surface area contributed by atoms with E-state index in [1.165, 1.54) is 24.3 Å². The van der Waals surface area contributed by atoms with Crippen LogP contribution >= 0.6 is 11.6 Å². The van der Waals surface area contributed by atoms with E-state index in [-0.39, 0.29) is 16.3 Å². The number of rotatable bonds is 5. The number of aromatic carboxylic acids is 1. The van der Waals surface area contributed by atoms with E-state index in [2.05, 4.69) is 0 Å². The minimum absolute atomic E-state index is 0.0529. The molecule has 3 rings (SSSR count). The lowest BCUT2D eigenvalue weighted by Gasteiger charge is -2.31. The Morgan fingerprint density at radius 1 is 1.14 bits per heavy atom. The van der Waals surface area contributed by atoms with E-state index in [1.54, 1.807) is 0 Å². The molecular weight excluding hydrogens is 444 g/mol. The van der Waals surface area contributed by atoms with Gasteiger partial charge in [-0.1, -0.05) is 11.6 Å². The lowest BCUT2D eigenvalue weighted by atomic mass is 10.2. The predicted octanol–water partition coefficient (Wildman–Crippen LogP) is 0.974. The molecule has 0 unspecified atom stereocenters. The summed E-state index contributed by atoms with van der Waals surface area (Å²) in [5.74, 6) is -2.56. The third kappa shape index (κ3) is 4.17. The molecule has 9 nitrogen and oxygen atoms in total. The Balaban J connectivity index is 2.22. The Labute approximate surface area is 172 Å². The molecule has 2 aromatic rings. The van der Waals surface area contributed by atoms with Crippen molar-refractivity contribution < 1.29 is 31.8 Å². The van der Waals surface area contributed by atoms with Gasteiger partial charge in [-0.2, -0.15) is 0 Å². The summed E-state index contributed by atoms with van der Waals surface area (Å²) in [5.41, 5.74) is 5.73. The molecule has 1 fully saturated rings. The molecule has 0 aliphatic carbocycles. The number of carbonyl (C=O) groups is 1. The first kappa shape index (κ1) is 21.4. The second kappa shape index (κ2) is 7.48. The number of aliphatic hydroxyl groups excluding tert-OH is 1. The Hall–Kier alpha value is -2.34. The molecule has 156 valence electrons. The molecule has 1 aliphatic heterocycles. The van der Waals surface area contributed by atoms with Gasteiger partial charge in [0.05, 0.1) is 39.9 Å². The van der Waals surface area contributed by atoms with Gasteiger partial charge in [-0.25, -0.2) is 21.6 Å². The maximum Gasteiger partial charge on any atom is 0.335 e. The molecule has 1 heterocycles. The fraction of sp³-hybridized carbons (Fsp3) is 0.235. The van der Waals surface area contributed by atoms with Crippen LogP contribution < -0.4 is 10.0 Å². The molecule has 2 atom stereocenters. The fourth-order valence-electron chi connectivity index (χ4n) is 3.10. The van der Waals surface area contributed by atoms with Gasteiger partial charge in [0.2, 0.25) is 0 Å². The van der Waals surface area contributed by atoms with E-state index >= 15 is 0 Å². The summed E-state index contributed by atoms with van der Waals surface area (Å²) < 4.78 is 51.7. The number of nitrogens with two attached hydrogens (primary N) is 1. The zero-order chi connectivity index (χ0) is 21.6. The average Bonchev–Trinajstić information content (AvgIpc) is 2.88. The van der Waals surface area contributed by atoms with Crippen LogP contribution in [0.1, 0.15) is 10.4 Å². The second-order valence-electron chi connectivity index (χ2n) is 6.55. The van der Waals surface area contributed by atoms with Crippen LogP contribution in [0.15, 0.2) is 47.4 Å². The van der Waals surface area contributed by atoms with Crippen LogP contribution in [-0.2, 0) is 19.9 Å². The minimum atomic E-state index is -4.55. The van der Waals surface area contributed by atoms with E-state index in [9.17, 15) is 31.8 Å². The highest BCUT2D eigenvalue weighted by molar-refractivity contribution is 7.93. The van der Waals surface area contributed by atoms with Crippen molar-refractivity contribution in [1.29, 1.82) is 0 Å². The number of sulfonamides is 1. The van der Waals surface area contributed by atoms with Gasteiger partial charge >= 0.3 is 5.97 Å². The molecule has 12 heteroatoms. The van der Waals surface area contributed by atoms with E-state index < -0.39 is 54.4 Å². The van der Waals surface area contributed by atoms with Gasteiger partial charge in [-0.3, -0.25) is 4.31 Å². The molecule has 1 saturated heterocycles. The lowest BCUT2D eigenvalue weighted by molar-refractivity contribution is 0.0696. The quantitative estimate of drug-likeness (QED) is 0.557. The van der Waals surface area contributed by atoms with Crippen LogP contribution in [0.25, 0.3) is 0 Å². The predicted molar refractivity (Wildman–Crippen MR) is 107 cm³/mol. The van der Waals surface area contributed by atoms with Crippen molar-refractivity contribution in [2.24, 2.45) is 0 Å². The number of hydrogen-bond acceptors (Lipinski definition) is 7. The second-order valence-corrected chi connectivity index (χ2v) is 10.9. The standard InChI is InChI=1S/C17H17ClN2O7S2/c18-13-6-1-10(17(22)23)7-16(13)29(26,27)20(12-4-2-11(19)3-5-12)14-8-28(24,25)9-15(14)21/h1-7,14-15,21H,8-9,19H2,(H,22,23)/t14-,15+/m0/s1. The summed E-state index contributed by atoms with van der Waals surface area (Å²) >= 11 is 6.04. The van der Waals surface area contributed by atoms with Crippen molar-refractivity contribution in [1.82, 2.24) is 0 Å². The van der Waals surface area contributed by atoms with Crippen molar-refractivity contribution in [3.05, 3.63) is 53.1 Å². The molecule has 4 N–H and O–H groups in total. The Bertz CT molecular complexity index is 1160. The summed E-state index contributed by atoms with van der Waals surface area (Å²) in [6.45, 7) is 0. The normalized spacial score (nSPS) is 21.0. The van der Waals surface area contributed by atoms with Crippen molar-refractivity contribution in [3.8, 4) is 0 Å². The van der Waals surface area contributed by atoms with Gasteiger partial charge < -0.3 is 15.9 Å². The van der Waals surface area contributed by atoms with E-state index in [4.69, 9.17) is 17.3 Å². The summed E-state index contributed by atoms with van der Waals surface area (Å²) in [4.78, 5) is 10.8. The smallest absolute Gasteiger partial charge is 0.335 e. The third-order valence-corrected chi connectivity index (χ3v) is 8.49. The van der Waals surface area contributed by atoms with Gasteiger partial charge in [0.15, 0.2) is 9.84 Å². The molecule has 0 spiro atoms. The molecule has 29 heavy (non-hydrogen) atoms. The number of carboxylic acid groups (broad SMARTS) is 1. The number of anilines is 2. The molecule has 2 aromatic carbocycles. The van der Waals surface area contributed by atoms with Gasteiger partial charge in [-0.15, -0.1) is 0 Å². The van der Waals surface area contributed by atoms with E-state index in [0.717, 1.165) is 22.5 Å². The van der Waals surface area contributed by atoms with E-state index in [0.29, 0.717) is 5.69 Å². The van der Waals surface area contributed by atoms with Crippen LogP contribution in [0.3, 0.4) is 0 Å². The largest absolute Gasteiger partial charge is 0.478 e. The van der Waals surface area contributed by atoms with Gasteiger partial charge in [0.1, 0.15) is 4.90 Å². The summed E-state index contributed by atoms with van der Waals surface area (Å²) in [5, 5.41) is 19.2. The third-order valence-electron chi connectivity index (χ3n) is 4.46. The van der Waals surface area contributed by atoms with Crippen LogP contribution in [0.5, 0.6) is 0 Å². The highest BCUT2D eigenvalue weighted by Crippen LogP contribution is 2.34. The molecule has 0 aromatic heterocycles. The highest BCUT2D eigenvalue weighted by atomic mass is 35.5. The number of benzene rings is 2. The molecule has 1 aliphatic rings. The average molecular weight is 461 g/mol. The fourth-order valence-corrected chi connectivity index (χ4v) is 7.15. The number of nitrogen functional groups attached to an aromatic ring is 1. The number of sulfone groups is 1. The number of nitrogens with zero attached hydrogens (tertiary/aromatic N) is 1. The lowest BCUT2D eigenvalue weighted by Crippen LogP contribution is -2.47. The van der Waals surface area contributed by atoms with Crippen LogP contribution in [-0.4, -0.2) is 56.7 Å². The zero-order valence-corrected chi connectivity index (χ0v) is 17.2. The Morgan fingerprint density at radius 2 is 1.76 bits per heavy atom. The van der Waals surface area contributed by atoms with E-state index in [1.807, 2.05) is 0 Å². The van der Waals surface area contributed by atoms with Gasteiger partial charge in [0, 0.05) is 5.69 Å². The van der Waals surface area contributed by atoms with Crippen molar-refractivity contribution in [3.63, 3.8) is 0 Å². The minimum Gasteiger partial charge on any atom is -0.478 e. The number of halogens is 1.